The van der Waals surface area contributed by atoms with Crippen molar-refractivity contribution in [3.8, 4) is 0 Å². The average Bonchev–Trinajstić information content (AvgIpc) is 2.90. The Kier molecular flexibility index (Phi) is 4.99. The standard InChI is InChI=1S/C18H27N3O2/c1-14-13-16-5-3-4-6-17(16)21(14)18(23)15(2)20-9-7-19(8-10-20)11-12-22/h3-6,14-15,22H,7-13H2,1-2H3. The first-order chi connectivity index (χ1) is 11.1. The SMILES string of the molecule is CC(C(=O)N1c2ccccc2CC1C)N1CCN(CCO)CC1. The molecule has 0 aromatic heterocycles. The van der Waals surface area contributed by atoms with Gasteiger partial charge in [0.2, 0.25) is 5.91 Å². The van der Waals surface area contributed by atoms with Gasteiger partial charge in [-0.05, 0) is 31.9 Å². The molecule has 5 nitrogen and oxygen atoms in total. The van der Waals surface area contributed by atoms with E-state index in [0.717, 1.165) is 44.8 Å². The van der Waals surface area contributed by atoms with Gasteiger partial charge in [0.05, 0.1) is 12.6 Å². The highest BCUT2D eigenvalue weighted by Gasteiger charge is 2.35. The molecule has 1 aromatic carbocycles. The number of β-amino-alcohol motifs (C(OH)–C–C–N with tert-alkyl or cyclic N) is 1. The summed E-state index contributed by atoms with van der Waals surface area (Å²) in [6.45, 7) is 8.70. The number of rotatable bonds is 4. The van der Waals surface area contributed by atoms with Crippen molar-refractivity contribution in [3.05, 3.63) is 29.8 Å². The number of fused-ring (bicyclic) bond motifs is 1. The molecule has 0 spiro atoms. The molecule has 1 fully saturated rings. The molecule has 0 saturated carbocycles. The number of benzene rings is 1. The summed E-state index contributed by atoms with van der Waals surface area (Å²) in [7, 11) is 0. The number of aliphatic hydroxyl groups excluding tert-OH is 1. The van der Waals surface area contributed by atoms with Gasteiger partial charge >= 0.3 is 0 Å². The van der Waals surface area contributed by atoms with Crippen LogP contribution in [0.25, 0.3) is 0 Å². The monoisotopic (exact) mass is 317 g/mol. The lowest BCUT2D eigenvalue weighted by molar-refractivity contribution is -0.124. The minimum atomic E-state index is -0.0973. The lowest BCUT2D eigenvalue weighted by Gasteiger charge is -2.39. The van der Waals surface area contributed by atoms with Crippen molar-refractivity contribution < 1.29 is 9.90 Å². The van der Waals surface area contributed by atoms with Crippen LogP contribution in [0.4, 0.5) is 5.69 Å². The molecule has 1 N–H and O–H groups in total. The number of carbonyl (C=O) groups is 1. The third-order valence-corrected chi connectivity index (χ3v) is 5.17. The van der Waals surface area contributed by atoms with E-state index in [1.165, 1.54) is 5.56 Å². The van der Waals surface area contributed by atoms with Crippen molar-refractivity contribution in [2.24, 2.45) is 0 Å². The average molecular weight is 317 g/mol. The maximum absolute atomic E-state index is 13.1. The van der Waals surface area contributed by atoms with Gasteiger partial charge in [0, 0.05) is 44.5 Å². The van der Waals surface area contributed by atoms with Gasteiger partial charge in [-0.25, -0.2) is 0 Å². The number of aliphatic hydroxyl groups is 1. The predicted molar refractivity (Wildman–Crippen MR) is 91.7 cm³/mol. The first kappa shape index (κ1) is 16.4. The number of hydrogen-bond acceptors (Lipinski definition) is 4. The van der Waals surface area contributed by atoms with Gasteiger partial charge < -0.3 is 10.0 Å². The summed E-state index contributed by atoms with van der Waals surface area (Å²) in [5, 5.41) is 9.03. The van der Waals surface area contributed by atoms with Crippen LogP contribution < -0.4 is 4.90 Å². The van der Waals surface area contributed by atoms with Gasteiger partial charge in [0.1, 0.15) is 0 Å². The van der Waals surface area contributed by atoms with Crippen LogP contribution in [0.2, 0.25) is 0 Å². The summed E-state index contributed by atoms with van der Waals surface area (Å²) in [5.74, 6) is 0.207. The minimum absolute atomic E-state index is 0.0973. The number of piperazine rings is 1. The Balaban J connectivity index is 1.66. The summed E-state index contributed by atoms with van der Waals surface area (Å²) in [6, 6.07) is 8.37. The van der Waals surface area contributed by atoms with Crippen molar-refractivity contribution in [3.63, 3.8) is 0 Å². The van der Waals surface area contributed by atoms with Gasteiger partial charge in [-0.1, -0.05) is 18.2 Å². The molecule has 126 valence electrons. The van der Waals surface area contributed by atoms with E-state index < -0.39 is 0 Å². The van der Waals surface area contributed by atoms with E-state index >= 15 is 0 Å². The molecule has 2 heterocycles. The Bertz CT molecular complexity index is 555. The van der Waals surface area contributed by atoms with Gasteiger partial charge in [-0.2, -0.15) is 0 Å². The highest BCUT2D eigenvalue weighted by atomic mass is 16.3. The van der Waals surface area contributed by atoms with E-state index in [1.807, 2.05) is 24.0 Å². The van der Waals surface area contributed by atoms with Crippen LogP contribution in [0.15, 0.2) is 24.3 Å². The zero-order valence-electron chi connectivity index (χ0n) is 14.1. The van der Waals surface area contributed by atoms with Crippen LogP contribution >= 0.6 is 0 Å². The van der Waals surface area contributed by atoms with Crippen molar-refractivity contribution in [1.29, 1.82) is 0 Å². The van der Waals surface area contributed by atoms with Crippen LogP contribution in [0.3, 0.4) is 0 Å². The van der Waals surface area contributed by atoms with E-state index in [4.69, 9.17) is 5.11 Å². The minimum Gasteiger partial charge on any atom is -0.395 e. The molecule has 3 rings (SSSR count). The van der Waals surface area contributed by atoms with Crippen LogP contribution in [0, 0.1) is 0 Å². The second-order valence-corrected chi connectivity index (χ2v) is 6.67. The zero-order valence-corrected chi connectivity index (χ0v) is 14.1. The van der Waals surface area contributed by atoms with E-state index in [-0.39, 0.29) is 24.6 Å². The van der Waals surface area contributed by atoms with Gasteiger partial charge in [0.25, 0.3) is 0 Å². The lowest BCUT2D eigenvalue weighted by atomic mass is 10.1. The number of para-hydroxylation sites is 1. The molecule has 0 aliphatic carbocycles. The first-order valence-electron chi connectivity index (χ1n) is 8.60. The number of hydrogen-bond donors (Lipinski definition) is 1. The highest BCUT2D eigenvalue weighted by molar-refractivity contribution is 5.99. The molecule has 1 amide bonds. The Labute approximate surface area is 138 Å². The predicted octanol–water partition coefficient (Wildman–Crippen LogP) is 0.963. The Morgan fingerprint density at radius 3 is 2.65 bits per heavy atom. The normalized spacial score (nSPS) is 23.8. The van der Waals surface area contributed by atoms with Crippen molar-refractivity contribution in [2.75, 3.05) is 44.2 Å². The third-order valence-electron chi connectivity index (χ3n) is 5.17. The largest absolute Gasteiger partial charge is 0.395 e. The van der Waals surface area contributed by atoms with E-state index in [1.54, 1.807) is 0 Å². The number of nitrogens with zero attached hydrogens (tertiary/aromatic N) is 3. The summed E-state index contributed by atoms with van der Waals surface area (Å²) in [4.78, 5) is 19.6. The molecule has 0 radical (unpaired) electrons. The maximum Gasteiger partial charge on any atom is 0.244 e. The first-order valence-corrected chi connectivity index (χ1v) is 8.60. The summed E-state index contributed by atoms with van der Waals surface area (Å²) >= 11 is 0. The van der Waals surface area contributed by atoms with E-state index in [9.17, 15) is 4.79 Å². The summed E-state index contributed by atoms with van der Waals surface area (Å²) in [5.41, 5.74) is 2.35. The Morgan fingerprint density at radius 2 is 1.96 bits per heavy atom. The second-order valence-electron chi connectivity index (χ2n) is 6.67. The Morgan fingerprint density at radius 1 is 1.26 bits per heavy atom. The fraction of sp³-hybridized carbons (Fsp3) is 0.611. The lowest BCUT2D eigenvalue weighted by Crippen LogP contribution is -2.55. The van der Waals surface area contributed by atoms with Gasteiger partial charge in [-0.3, -0.25) is 14.6 Å². The van der Waals surface area contributed by atoms with E-state index in [0.29, 0.717) is 0 Å². The van der Waals surface area contributed by atoms with E-state index in [2.05, 4.69) is 28.9 Å². The molecule has 0 bridgehead atoms. The number of anilines is 1. The molecule has 2 unspecified atom stereocenters. The van der Waals surface area contributed by atoms with Gasteiger partial charge in [0.15, 0.2) is 0 Å². The molecule has 2 aliphatic heterocycles. The molecular formula is C18H27N3O2. The molecule has 1 saturated heterocycles. The smallest absolute Gasteiger partial charge is 0.244 e. The quantitative estimate of drug-likeness (QED) is 0.899. The molecular weight excluding hydrogens is 290 g/mol. The van der Waals surface area contributed by atoms with Gasteiger partial charge in [-0.15, -0.1) is 0 Å². The van der Waals surface area contributed by atoms with Crippen LogP contribution in [-0.4, -0.2) is 72.2 Å². The molecule has 2 atom stereocenters. The second kappa shape index (κ2) is 6.99. The van der Waals surface area contributed by atoms with Crippen molar-refractivity contribution >= 4 is 11.6 Å². The molecule has 1 aromatic rings. The van der Waals surface area contributed by atoms with Crippen LogP contribution in [0.5, 0.6) is 0 Å². The third kappa shape index (κ3) is 3.27. The van der Waals surface area contributed by atoms with Crippen LogP contribution in [0.1, 0.15) is 19.4 Å². The molecule has 5 heteroatoms. The Hall–Kier alpha value is -1.43. The number of amides is 1. The van der Waals surface area contributed by atoms with Crippen molar-refractivity contribution in [2.45, 2.75) is 32.4 Å². The highest BCUT2D eigenvalue weighted by Crippen LogP contribution is 2.32. The molecule has 2 aliphatic rings. The zero-order chi connectivity index (χ0) is 16.4. The fourth-order valence-electron chi connectivity index (χ4n) is 3.77. The maximum atomic E-state index is 13.1. The fourth-order valence-corrected chi connectivity index (χ4v) is 3.77. The topological polar surface area (TPSA) is 47.0 Å². The summed E-state index contributed by atoms with van der Waals surface area (Å²) in [6.07, 6.45) is 0.943. The van der Waals surface area contributed by atoms with Crippen LogP contribution in [-0.2, 0) is 11.2 Å². The van der Waals surface area contributed by atoms with Crippen molar-refractivity contribution in [1.82, 2.24) is 9.80 Å². The summed E-state index contributed by atoms with van der Waals surface area (Å²) < 4.78 is 0. The number of carbonyl (C=O) groups excluding carboxylic acids is 1. The molecule has 23 heavy (non-hydrogen) atoms.